The Balaban J connectivity index is 1.78. The Morgan fingerprint density at radius 1 is 1.03 bits per heavy atom. The van der Waals surface area contributed by atoms with Gasteiger partial charge in [0.25, 0.3) is 11.6 Å². The van der Waals surface area contributed by atoms with Crippen molar-refractivity contribution in [3.05, 3.63) is 94.0 Å². The number of aromatic hydroxyl groups is 1. The fourth-order valence-electron chi connectivity index (χ4n) is 3.51. The maximum Gasteiger partial charge on any atom is 0.271 e. The molecule has 0 radical (unpaired) electrons. The maximum atomic E-state index is 13.0. The van der Waals surface area contributed by atoms with Crippen molar-refractivity contribution < 1.29 is 24.4 Å². The number of anilines is 1. The SMILES string of the molecule is COc1ccc(C(N)=O)cc1N=Nc1c(O)c(C(=O)Nc2cccc([N+](=O)[O-])c2)cc2ccccc12. The van der Waals surface area contributed by atoms with E-state index in [9.17, 15) is 24.8 Å². The zero-order valence-corrected chi connectivity index (χ0v) is 18.8. The molecule has 4 N–H and O–H groups in total. The number of primary amides is 1. The first kappa shape index (κ1) is 23.8. The molecule has 4 aromatic carbocycles. The van der Waals surface area contributed by atoms with Crippen molar-refractivity contribution in [3.8, 4) is 11.5 Å². The molecule has 11 nitrogen and oxygen atoms in total. The molecule has 0 bridgehead atoms. The third kappa shape index (κ3) is 4.80. The van der Waals surface area contributed by atoms with Gasteiger partial charge in [0, 0.05) is 28.8 Å². The van der Waals surface area contributed by atoms with Crippen molar-refractivity contribution in [2.24, 2.45) is 16.0 Å². The Hall–Kier alpha value is -5.32. The maximum absolute atomic E-state index is 13.0. The molecule has 11 heteroatoms. The molecule has 180 valence electrons. The van der Waals surface area contributed by atoms with Gasteiger partial charge in [-0.25, -0.2) is 0 Å². The zero-order valence-electron chi connectivity index (χ0n) is 18.8. The summed E-state index contributed by atoms with van der Waals surface area (Å²) in [6.45, 7) is 0. The molecule has 4 rings (SSSR count). The number of nitrogens with two attached hydrogens (primary N) is 1. The van der Waals surface area contributed by atoms with Gasteiger partial charge in [0.05, 0.1) is 17.6 Å². The van der Waals surface area contributed by atoms with Gasteiger partial charge in [0.1, 0.15) is 17.1 Å². The van der Waals surface area contributed by atoms with E-state index in [0.717, 1.165) is 0 Å². The lowest BCUT2D eigenvalue weighted by Crippen LogP contribution is -2.12. The first-order valence-electron chi connectivity index (χ1n) is 10.5. The molecular weight excluding hydrogens is 466 g/mol. The van der Waals surface area contributed by atoms with Crippen LogP contribution < -0.4 is 15.8 Å². The summed E-state index contributed by atoms with van der Waals surface area (Å²) < 4.78 is 5.26. The molecule has 0 fully saturated rings. The summed E-state index contributed by atoms with van der Waals surface area (Å²) in [5, 5.41) is 34.0. The standard InChI is InChI=1S/C25H19N5O6/c1-36-21-10-9-15(24(26)32)12-20(21)28-29-22-18-8-3-2-5-14(18)11-19(23(22)31)25(33)27-16-6-4-7-17(13-16)30(34)35/h2-13,31H,1H3,(H2,26,32)(H,27,33). The fraction of sp³-hybridized carbons (Fsp3) is 0.0400. The molecule has 0 aromatic heterocycles. The van der Waals surface area contributed by atoms with Crippen LogP contribution >= 0.6 is 0 Å². The second-order valence-electron chi connectivity index (χ2n) is 7.55. The third-order valence-electron chi connectivity index (χ3n) is 5.28. The predicted octanol–water partition coefficient (Wildman–Crippen LogP) is 5.23. The average molecular weight is 485 g/mol. The van der Waals surface area contributed by atoms with E-state index >= 15 is 0 Å². The molecule has 0 saturated carbocycles. The van der Waals surface area contributed by atoms with Crippen LogP contribution in [0.15, 0.2) is 83.0 Å². The summed E-state index contributed by atoms with van der Waals surface area (Å²) in [7, 11) is 1.42. The minimum absolute atomic E-state index is 0.00354. The molecular formula is C25H19N5O6. The van der Waals surface area contributed by atoms with Crippen molar-refractivity contribution >= 4 is 45.3 Å². The minimum Gasteiger partial charge on any atom is -0.505 e. The van der Waals surface area contributed by atoms with Crippen LogP contribution in [-0.4, -0.2) is 29.0 Å². The highest BCUT2D eigenvalue weighted by molar-refractivity contribution is 6.11. The molecule has 0 heterocycles. The molecule has 2 amide bonds. The van der Waals surface area contributed by atoms with Crippen molar-refractivity contribution in [2.45, 2.75) is 0 Å². The van der Waals surface area contributed by atoms with Crippen molar-refractivity contribution in [1.29, 1.82) is 0 Å². The number of amides is 2. The van der Waals surface area contributed by atoms with Crippen LogP contribution in [0.1, 0.15) is 20.7 Å². The van der Waals surface area contributed by atoms with Gasteiger partial charge in [-0.2, -0.15) is 0 Å². The van der Waals surface area contributed by atoms with Crippen LogP contribution in [0.4, 0.5) is 22.7 Å². The summed E-state index contributed by atoms with van der Waals surface area (Å²) in [6, 6.07) is 18.2. The van der Waals surface area contributed by atoms with E-state index < -0.39 is 22.5 Å². The van der Waals surface area contributed by atoms with Crippen LogP contribution in [0.3, 0.4) is 0 Å². The van der Waals surface area contributed by atoms with Crippen LogP contribution in [0, 0.1) is 10.1 Å². The number of non-ortho nitro benzene ring substituents is 1. The lowest BCUT2D eigenvalue weighted by atomic mass is 10.0. The number of nitrogens with one attached hydrogen (secondary N) is 1. The first-order valence-corrected chi connectivity index (χ1v) is 10.5. The molecule has 36 heavy (non-hydrogen) atoms. The number of carbonyl (C=O) groups excluding carboxylic acids is 2. The van der Waals surface area contributed by atoms with Gasteiger partial charge < -0.3 is 20.9 Å². The van der Waals surface area contributed by atoms with Gasteiger partial charge in [-0.3, -0.25) is 19.7 Å². The number of phenolic OH excluding ortho intramolecular Hbond substituents is 1. The molecule has 0 atom stereocenters. The molecule has 0 unspecified atom stereocenters. The second kappa shape index (κ2) is 9.89. The minimum atomic E-state index is -0.705. The van der Waals surface area contributed by atoms with E-state index in [1.807, 2.05) is 0 Å². The van der Waals surface area contributed by atoms with E-state index in [0.29, 0.717) is 16.5 Å². The van der Waals surface area contributed by atoms with Gasteiger partial charge in [-0.1, -0.05) is 30.3 Å². The lowest BCUT2D eigenvalue weighted by Gasteiger charge is -2.11. The number of fused-ring (bicyclic) bond motifs is 1. The van der Waals surface area contributed by atoms with Crippen LogP contribution in [0.5, 0.6) is 11.5 Å². The summed E-state index contributed by atoms with van der Waals surface area (Å²) >= 11 is 0. The van der Waals surface area contributed by atoms with Gasteiger partial charge in [-0.15, -0.1) is 10.2 Å². The molecule has 0 spiro atoms. The summed E-state index contributed by atoms with van der Waals surface area (Å²) in [5.74, 6) is -1.51. The number of benzene rings is 4. The molecule has 0 aliphatic carbocycles. The quantitative estimate of drug-likeness (QED) is 0.184. The van der Waals surface area contributed by atoms with E-state index in [-0.39, 0.29) is 33.9 Å². The molecule has 0 aliphatic rings. The number of phenols is 1. The number of hydrogen-bond acceptors (Lipinski definition) is 8. The van der Waals surface area contributed by atoms with Crippen molar-refractivity contribution in [1.82, 2.24) is 0 Å². The van der Waals surface area contributed by atoms with E-state index in [4.69, 9.17) is 10.5 Å². The van der Waals surface area contributed by atoms with Gasteiger partial charge >= 0.3 is 0 Å². The Labute approximate surface area is 204 Å². The highest BCUT2D eigenvalue weighted by atomic mass is 16.6. The topological polar surface area (TPSA) is 170 Å². The second-order valence-corrected chi connectivity index (χ2v) is 7.55. The number of methoxy groups -OCH3 is 1. The van der Waals surface area contributed by atoms with Crippen molar-refractivity contribution in [2.75, 3.05) is 12.4 Å². The Morgan fingerprint density at radius 3 is 2.53 bits per heavy atom. The number of rotatable bonds is 7. The normalized spacial score (nSPS) is 10.9. The van der Waals surface area contributed by atoms with E-state index in [2.05, 4.69) is 15.5 Å². The Morgan fingerprint density at radius 2 is 1.81 bits per heavy atom. The number of carbonyl (C=O) groups is 2. The van der Waals surface area contributed by atoms with E-state index in [1.165, 1.54) is 55.6 Å². The number of azo groups is 1. The number of nitro benzene ring substituents is 1. The van der Waals surface area contributed by atoms with Crippen LogP contribution in [-0.2, 0) is 0 Å². The van der Waals surface area contributed by atoms with Gasteiger partial charge in [-0.05, 0) is 35.7 Å². The summed E-state index contributed by atoms with van der Waals surface area (Å²) in [4.78, 5) is 35.1. The van der Waals surface area contributed by atoms with Crippen LogP contribution in [0.2, 0.25) is 0 Å². The highest BCUT2D eigenvalue weighted by Crippen LogP contribution is 2.40. The first-order chi connectivity index (χ1) is 17.3. The largest absolute Gasteiger partial charge is 0.505 e. The van der Waals surface area contributed by atoms with Crippen molar-refractivity contribution in [3.63, 3.8) is 0 Å². The monoisotopic (exact) mass is 485 g/mol. The zero-order chi connectivity index (χ0) is 25.8. The van der Waals surface area contributed by atoms with E-state index in [1.54, 1.807) is 24.3 Å². The van der Waals surface area contributed by atoms with Gasteiger partial charge in [0.2, 0.25) is 5.91 Å². The number of nitrogens with zero attached hydrogens (tertiary/aromatic N) is 3. The van der Waals surface area contributed by atoms with Gasteiger partial charge in [0.15, 0.2) is 5.75 Å². The highest BCUT2D eigenvalue weighted by Gasteiger charge is 2.19. The number of nitro groups is 1. The molecule has 0 saturated heterocycles. The number of hydrogen-bond donors (Lipinski definition) is 3. The number of ether oxygens (including phenoxy) is 1. The predicted molar refractivity (Wildman–Crippen MR) is 132 cm³/mol. The lowest BCUT2D eigenvalue weighted by molar-refractivity contribution is -0.384. The molecule has 0 aliphatic heterocycles. The third-order valence-corrected chi connectivity index (χ3v) is 5.28. The smallest absolute Gasteiger partial charge is 0.271 e. The van der Waals surface area contributed by atoms with Crippen LogP contribution in [0.25, 0.3) is 10.8 Å². The summed E-state index contributed by atoms with van der Waals surface area (Å²) in [6.07, 6.45) is 0. The Kier molecular flexibility index (Phi) is 6.55. The Bertz CT molecular complexity index is 1550. The average Bonchev–Trinajstić information content (AvgIpc) is 2.87. The summed E-state index contributed by atoms with van der Waals surface area (Å²) in [5.41, 5.74) is 5.58. The fourth-order valence-corrected chi connectivity index (χ4v) is 3.51. The molecule has 4 aromatic rings.